The molecule has 2 aliphatic carbocycles. The van der Waals surface area contributed by atoms with Gasteiger partial charge in [-0.15, -0.1) is 0 Å². The van der Waals surface area contributed by atoms with E-state index in [9.17, 15) is 19.2 Å². The Morgan fingerprint density at radius 2 is 0.558 bits per heavy atom. The summed E-state index contributed by atoms with van der Waals surface area (Å²) in [5.74, 6) is -4.70. The highest BCUT2D eigenvalue weighted by Gasteiger charge is 2.57. The molecule has 8 atom stereocenters. The van der Waals surface area contributed by atoms with Gasteiger partial charge in [0.2, 0.25) is 23.6 Å². The Kier molecular flexibility index (Phi) is 7.88. The van der Waals surface area contributed by atoms with Crippen LogP contribution < -0.4 is 9.80 Å². The summed E-state index contributed by atoms with van der Waals surface area (Å²) in [7, 11) is 0. The second kappa shape index (κ2) is 12.9. The first-order valence-electron chi connectivity index (χ1n) is 17.9. The van der Waals surface area contributed by atoms with Crippen molar-refractivity contribution < 1.29 is 19.2 Å². The number of allylic oxidation sites excluding steroid dienone is 4. The lowest BCUT2D eigenvalue weighted by molar-refractivity contribution is -0.124. The number of benzene rings is 5. The molecule has 0 saturated carbocycles. The van der Waals surface area contributed by atoms with E-state index >= 15 is 0 Å². The summed E-state index contributed by atoms with van der Waals surface area (Å²) in [5.41, 5.74) is 4.61. The Morgan fingerprint density at radius 3 is 0.808 bits per heavy atom. The molecule has 0 spiro atoms. The van der Waals surface area contributed by atoms with Crippen LogP contribution in [0, 0.1) is 23.7 Å². The maximum atomic E-state index is 14.6. The number of rotatable bonds is 6. The molecule has 6 heteroatoms. The van der Waals surface area contributed by atoms with Crippen molar-refractivity contribution in [2.24, 2.45) is 23.7 Å². The predicted molar refractivity (Wildman–Crippen MR) is 200 cm³/mol. The van der Waals surface area contributed by atoms with E-state index in [4.69, 9.17) is 0 Å². The third-order valence-corrected chi connectivity index (χ3v) is 11.5. The van der Waals surface area contributed by atoms with Crippen molar-refractivity contribution in [3.8, 4) is 0 Å². The lowest BCUT2D eigenvalue weighted by Gasteiger charge is -2.32. The Morgan fingerprint density at radius 1 is 0.308 bits per heavy atom. The highest BCUT2D eigenvalue weighted by atomic mass is 16.2. The number of amides is 4. The highest BCUT2D eigenvalue weighted by molar-refractivity contribution is 6.25. The summed E-state index contributed by atoms with van der Waals surface area (Å²) in [4.78, 5) is 60.9. The predicted octanol–water partition coefficient (Wildman–Crippen LogP) is 8.17. The standard InChI is InChI=1S/C46H36N2O4/c49-43-39-35(29-14-5-1-6-15-29)24-25-36(30-16-7-2-8-17-30)40(39)44(50)47(43)33-22-13-23-34(28-33)48-45(51)41-37(31-18-9-3-10-19-31)26-27-38(42(41)46(48)52)32-20-11-4-12-21-32/h1-28,35-42H/t35-,36-,37-,38-,39-,40-,41+,42+/m1/s1. The summed E-state index contributed by atoms with van der Waals surface area (Å²) in [6.45, 7) is 0. The van der Waals surface area contributed by atoms with E-state index in [1.54, 1.807) is 24.3 Å². The molecule has 6 nitrogen and oxygen atoms in total. The molecule has 0 N–H and O–H groups in total. The van der Waals surface area contributed by atoms with Crippen molar-refractivity contribution in [1.29, 1.82) is 0 Å². The fraction of sp³-hybridized carbons (Fsp3) is 0.174. The summed E-state index contributed by atoms with van der Waals surface area (Å²) in [6.07, 6.45) is 8.29. The Balaban J connectivity index is 1.10. The van der Waals surface area contributed by atoms with Crippen LogP contribution in [0.25, 0.3) is 0 Å². The lowest BCUT2D eigenvalue weighted by Crippen LogP contribution is -2.33. The van der Waals surface area contributed by atoms with Crippen molar-refractivity contribution in [2.75, 3.05) is 9.80 Å². The van der Waals surface area contributed by atoms with E-state index in [2.05, 4.69) is 24.3 Å². The molecule has 4 aliphatic rings. The minimum atomic E-state index is -0.615. The average molecular weight is 681 g/mol. The van der Waals surface area contributed by atoms with Gasteiger partial charge in [-0.1, -0.05) is 152 Å². The normalized spacial score (nSPS) is 27.9. The van der Waals surface area contributed by atoms with Gasteiger partial charge in [0.25, 0.3) is 0 Å². The monoisotopic (exact) mass is 680 g/mol. The molecular formula is C46H36N2O4. The van der Waals surface area contributed by atoms with Crippen LogP contribution >= 0.6 is 0 Å². The van der Waals surface area contributed by atoms with Crippen LogP contribution in [0.4, 0.5) is 11.4 Å². The fourth-order valence-electron chi connectivity index (χ4n) is 9.15. The Hall–Kier alpha value is -6.14. The zero-order valence-electron chi connectivity index (χ0n) is 28.3. The molecule has 254 valence electrons. The second-order valence-corrected chi connectivity index (χ2v) is 14.2. The number of nitrogens with zero attached hydrogens (tertiary/aromatic N) is 2. The lowest BCUT2D eigenvalue weighted by atomic mass is 9.68. The third kappa shape index (κ3) is 5.09. The summed E-state index contributed by atoms with van der Waals surface area (Å²) in [5, 5.41) is 0. The first kappa shape index (κ1) is 31.8. The zero-order chi connectivity index (χ0) is 35.3. The van der Waals surface area contributed by atoms with Crippen LogP contribution in [0.2, 0.25) is 0 Å². The largest absolute Gasteiger partial charge is 0.274 e. The van der Waals surface area contributed by atoms with Gasteiger partial charge >= 0.3 is 0 Å². The maximum Gasteiger partial charge on any atom is 0.238 e. The molecule has 5 aromatic rings. The molecule has 2 heterocycles. The van der Waals surface area contributed by atoms with Crippen molar-refractivity contribution in [1.82, 2.24) is 0 Å². The Bertz CT molecular complexity index is 1940. The van der Waals surface area contributed by atoms with E-state index in [1.165, 1.54) is 9.80 Å². The van der Waals surface area contributed by atoms with Crippen LogP contribution in [-0.4, -0.2) is 23.6 Å². The minimum Gasteiger partial charge on any atom is -0.274 e. The number of hydrogen-bond donors (Lipinski definition) is 0. The molecule has 2 fully saturated rings. The van der Waals surface area contributed by atoms with Gasteiger partial charge in [-0.3, -0.25) is 19.2 Å². The minimum absolute atomic E-state index is 0.280. The van der Waals surface area contributed by atoms with Crippen LogP contribution in [-0.2, 0) is 19.2 Å². The SMILES string of the molecule is O=C1[C@@H]2[C@@H](C(=O)N1c1cccc(N3C(=O)[C@H]4[C@H](C3=O)[C@@H](c3ccccc3)C=C[C@@H]4c3ccccc3)c1)[C@@H](c1ccccc1)C=C[C@@H]2c1ccccc1. The van der Waals surface area contributed by atoms with E-state index in [0.717, 1.165) is 22.3 Å². The van der Waals surface area contributed by atoms with Gasteiger partial charge in [0, 0.05) is 23.7 Å². The summed E-state index contributed by atoms with van der Waals surface area (Å²) >= 11 is 0. The average Bonchev–Trinajstić information content (AvgIpc) is 3.63. The van der Waals surface area contributed by atoms with Gasteiger partial charge in [0.1, 0.15) is 0 Å². The van der Waals surface area contributed by atoms with Gasteiger partial charge in [-0.25, -0.2) is 9.80 Å². The van der Waals surface area contributed by atoms with E-state index in [1.807, 2.05) is 121 Å². The molecule has 0 radical (unpaired) electrons. The van der Waals surface area contributed by atoms with Crippen LogP contribution in [0.5, 0.6) is 0 Å². The van der Waals surface area contributed by atoms with Crippen molar-refractivity contribution in [3.05, 3.63) is 192 Å². The van der Waals surface area contributed by atoms with Gasteiger partial charge in [0.05, 0.1) is 35.0 Å². The fourth-order valence-corrected chi connectivity index (χ4v) is 9.15. The number of anilines is 2. The zero-order valence-corrected chi connectivity index (χ0v) is 28.3. The second-order valence-electron chi connectivity index (χ2n) is 14.2. The summed E-state index contributed by atoms with van der Waals surface area (Å²) in [6, 6.07) is 46.2. The molecule has 0 aromatic heterocycles. The van der Waals surface area contributed by atoms with Crippen molar-refractivity contribution in [3.63, 3.8) is 0 Å². The van der Waals surface area contributed by atoms with Crippen LogP contribution in [0.1, 0.15) is 45.9 Å². The topological polar surface area (TPSA) is 74.8 Å². The smallest absolute Gasteiger partial charge is 0.238 e. The van der Waals surface area contributed by atoms with Crippen molar-refractivity contribution >= 4 is 35.0 Å². The van der Waals surface area contributed by atoms with E-state index < -0.39 is 23.7 Å². The number of fused-ring (bicyclic) bond motifs is 2. The number of carbonyl (C=O) groups is 4. The molecule has 52 heavy (non-hydrogen) atoms. The van der Waals surface area contributed by atoms with Crippen molar-refractivity contribution in [2.45, 2.75) is 23.7 Å². The first-order chi connectivity index (χ1) is 25.5. The highest BCUT2D eigenvalue weighted by Crippen LogP contribution is 2.52. The molecule has 0 bridgehead atoms. The number of carbonyl (C=O) groups excluding carboxylic acids is 4. The van der Waals surface area contributed by atoms with Gasteiger partial charge in [0.15, 0.2) is 0 Å². The van der Waals surface area contributed by atoms with Gasteiger partial charge in [-0.05, 0) is 40.5 Å². The summed E-state index contributed by atoms with van der Waals surface area (Å²) < 4.78 is 0. The molecule has 9 rings (SSSR count). The third-order valence-electron chi connectivity index (χ3n) is 11.5. The van der Waals surface area contributed by atoms with Gasteiger partial charge < -0.3 is 0 Å². The molecule has 4 amide bonds. The first-order valence-corrected chi connectivity index (χ1v) is 17.9. The number of hydrogen-bond acceptors (Lipinski definition) is 4. The van der Waals surface area contributed by atoms with E-state index in [0.29, 0.717) is 11.4 Å². The van der Waals surface area contributed by atoms with Gasteiger partial charge in [-0.2, -0.15) is 0 Å². The maximum absolute atomic E-state index is 14.6. The molecule has 2 saturated heterocycles. The molecular weight excluding hydrogens is 645 g/mol. The van der Waals surface area contributed by atoms with Crippen LogP contribution in [0.3, 0.4) is 0 Å². The number of imide groups is 2. The molecule has 2 aliphatic heterocycles. The van der Waals surface area contributed by atoms with Crippen LogP contribution in [0.15, 0.2) is 170 Å². The molecule has 0 unspecified atom stereocenters. The quantitative estimate of drug-likeness (QED) is 0.134. The van der Waals surface area contributed by atoms with E-state index in [-0.39, 0.29) is 47.3 Å². The molecule has 5 aromatic carbocycles. The Labute approximate surface area is 302 Å².